The van der Waals surface area contributed by atoms with Crippen LogP contribution in [0.25, 0.3) is 11.6 Å². The van der Waals surface area contributed by atoms with Gasteiger partial charge in [-0.25, -0.2) is 0 Å². The summed E-state index contributed by atoms with van der Waals surface area (Å²) in [6.45, 7) is 1.82. The summed E-state index contributed by atoms with van der Waals surface area (Å²) in [4.78, 5) is 34.8. The highest BCUT2D eigenvalue weighted by molar-refractivity contribution is 6.10. The largest absolute Gasteiger partial charge is 0.313 e. The summed E-state index contributed by atoms with van der Waals surface area (Å²) in [6, 6.07) is 17.8. The third-order valence-electron chi connectivity index (χ3n) is 5.30. The van der Waals surface area contributed by atoms with Crippen molar-refractivity contribution >= 4 is 40.7 Å². The van der Waals surface area contributed by atoms with Crippen molar-refractivity contribution < 1.29 is 14.6 Å². The molecule has 4 aromatic rings. The Morgan fingerprint density at radius 1 is 0.971 bits per heavy atom. The Hall–Kier alpha value is -5.12. The summed E-state index contributed by atoms with van der Waals surface area (Å²) in [5.74, 6) is -0.334. The molecule has 35 heavy (non-hydrogen) atoms. The maximum Gasteiger partial charge on any atom is 0.294 e. The number of carbonyl (C=O) groups excluding carboxylic acids is 1. The van der Waals surface area contributed by atoms with Crippen LogP contribution in [0, 0.1) is 27.2 Å². The fraction of sp³-hybridized carbons (Fsp3) is 0.0400. The Labute approximate surface area is 199 Å². The molecule has 2 heterocycles. The number of hydrogen-bond acceptors (Lipinski definition) is 7. The SMILES string of the molecule is Cc1cc2ccccn2c1C(=O)c1ccc(NN=CC=Cc2ccccc2[N+](=O)[O-])c([N+](=O)[O-])c1. The number of hydrogen-bond donors (Lipinski definition) is 1. The molecule has 0 aliphatic carbocycles. The van der Waals surface area contributed by atoms with E-state index in [0.29, 0.717) is 11.3 Å². The van der Waals surface area contributed by atoms with Crippen LogP contribution in [0.5, 0.6) is 0 Å². The van der Waals surface area contributed by atoms with Crippen LogP contribution in [0.3, 0.4) is 0 Å². The second-order valence-electron chi connectivity index (χ2n) is 7.55. The Morgan fingerprint density at radius 2 is 1.71 bits per heavy atom. The topological polar surface area (TPSA) is 132 Å². The molecule has 0 unspecified atom stereocenters. The molecular weight excluding hydrogens is 450 g/mol. The van der Waals surface area contributed by atoms with Crippen LogP contribution in [-0.4, -0.2) is 26.2 Å². The van der Waals surface area contributed by atoms with Gasteiger partial charge in [-0.15, -0.1) is 0 Å². The first kappa shape index (κ1) is 23.1. The van der Waals surface area contributed by atoms with E-state index in [2.05, 4.69) is 10.5 Å². The average molecular weight is 469 g/mol. The first-order valence-corrected chi connectivity index (χ1v) is 10.5. The molecule has 0 spiro atoms. The lowest BCUT2D eigenvalue weighted by atomic mass is 10.0. The Kier molecular flexibility index (Phi) is 6.45. The van der Waals surface area contributed by atoms with Crippen molar-refractivity contribution in [2.75, 3.05) is 5.43 Å². The second-order valence-corrected chi connectivity index (χ2v) is 7.55. The molecule has 0 saturated heterocycles. The van der Waals surface area contributed by atoms with E-state index in [9.17, 15) is 25.0 Å². The average Bonchev–Trinajstić information content (AvgIpc) is 3.19. The molecule has 1 N–H and O–H groups in total. The van der Waals surface area contributed by atoms with Gasteiger partial charge >= 0.3 is 0 Å². The van der Waals surface area contributed by atoms with Crippen molar-refractivity contribution in [2.24, 2.45) is 5.10 Å². The van der Waals surface area contributed by atoms with Gasteiger partial charge in [0.1, 0.15) is 5.69 Å². The zero-order valence-corrected chi connectivity index (χ0v) is 18.5. The number of nitrogens with one attached hydrogen (secondary N) is 1. The number of allylic oxidation sites excluding steroid dienone is 1. The summed E-state index contributed by atoms with van der Waals surface area (Å²) in [5.41, 5.74) is 4.95. The molecular formula is C25H19N5O5. The van der Waals surface area contributed by atoms with Gasteiger partial charge in [-0.1, -0.05) is 18.2 Å². The van der Waals surface area contributed by atoms with E-state index < -0.39 is 9.85 Å². The number of hydrazone groups is 1. The van der Waals surface area contributed by atoms with E-state index in [1.165, 1.54) is 42.6 Å². The molecule has 0 atom stereocenters. The fourth-order valence-electron chi connectivity index (χ4n) is 3.69. The first-order chi connectivity index (χ1) is 16.9. The molecule has 174 valence electrons. The number of nitrogens with zero attached hydrogens (tertiary/aromatic N) is 4. The molecule has 10 heteroatoms. The zero-order chi connectivity index (χ0) is 24.9. The van der Waals surface area contributed by atoms with Gasteiger partial charge in [0.05, 0.1) is 21.1 Å². The summed E-state index contributed by atoms with van der Waals surface area (Å²) < 4.78 is 1.75. The van der Waals surface area contributed by atoms with E-state index in [1.807, 2.05) is 25.1 Å². The molecule has 0 fully saturated rings. The number of para-hydroxylation sites is 1. The predicted molar refractivity (Wildman–Crippen MR) is 133 cm³/mol. The molecule has 0 aliphatic heterocycles. The van der Waals surface area contributed by atoms with Crippen molar-refractivity contribution in [3.05, 3.63) is 122 Å². The normalized spacial score (nSPS) is 11.3. The van der Waals surface area contributed by atoms with Crippen molar-refractivity contribution in [3.8, 4) is 0 Å². The second kappa shape index (κ2) is 9.79. The number of ketones is 1. The van der Waals surface area contributed by atoms with Gasteiger partial charge in [-0.3, -0.25) is 30.4 Å². The van der Waals surface area contributed by atoms with Gasteiger partial charge in [0.2, 0.25) is 5.78 Å². The summed E-state index contributed by atoms with van der Waals surface area (Å²) in [5, 5.41) is 26.7. The standard InChI is InChI=1S/C25H19N5O5/c1-17-15-20-9-4-5-14-28(20)24(17)25(31)19-11-12-21(23(16-19)30(34)35)27-26-13-6-8-18-7-2-3-10-22(18)29(32)33/h2-16,27H,1H3. The van der Waals surface area contributed by atoms with Crippen molar-refractivity contribution in [2.45, 2.75) is 6.92 Å². The molecule has 0 bridgehead atoms. The van der Waals surface area contributed by atoms with Gasteiger partial charge < -0.3 is 4.40 Å². The third-order valence-corrected chi connectivity index (χ3v) is 5.30. The van der Waals surface area contributed by atoms with Crippen molar-refractivity contribution in [1.29, 1.82) is 0 Å². The molecule has 2 aromatic heterocycles. The number of nitro groups is 2. The van der Waals surface area contributed by atoms with E-state index in [4.69, 9.17) is 0 Å². The van der Waals surface area contributed by atoms with Gasteiger partial charge in [0, 0.05) is 35.6 Å². The lowest BCUT2D eigenvalue weighted by Crippen LogP contribution is -2.08. The quantitative estimate of drug-likeness (QED) is 0.159. The lowest BCUT2D eigenvalue weighted by Gasteiger charge is -2.07. The van der Waals surface area contributed by atoms with Crippen LogP contribution in [0.1, 0.15) is 27.2 Å². The summed E-state index contributed by atoms with van der Waals surface area (Å²) in [6.07, 6.45) is 6.06. The zero-order valence-electron chi connectivity index (χ0n) is 18.5. The van der Waals surface area contributed by atoms with Crippen LogP contribution in [0.2, 0.25) is 0 Å². The van der Waals surface area contributed by atoms with Crippen LogP contribution < -0.4 is 5.43 Å². The van der Waals surface area contributed by atoms with Gasteiger partial charge in [-0.2, -0.15) is 5.10 Å². The van der Waals surface area contributed by atoms with E-state index in [0.717, 1.165) is 11.1 Å². The van der Waals surface area contributed by atoms with E-state index in [1.54, 1.807) is 34.9 Å². The number of aromatic nitrogens is 1. The number of pyridine rings is 1. The Morgan fingerprint density at radius 3 is 2.49 bits per heavy atom. The van der Waals surface area contributed by atoms with Crippen LogP contribution in [-0.2, 0) is 0 Å². The minimum Gasteiger partial charge on any atom is -0.313 e. The molecule has 4 rings (SSSR count). The van der Waals surface area contributed by atoms with Gasteiger partial charge in [0.15, 0.2) is 0 Å². The highest BCUT2D eigenvalue weighted by Crippen LogP contribution is 2.28. The molecule has 10 nitrogen and oxygen atoms in total. The minimum atomic E-state index is -0.596. The molecule has 0 aliphatic rings. The maximum absolute atomic E-state index is 13.2. The number of benzene rings is 2. The predicted octanol–water partition coefficient (Wildman–Crippen LogP) is 5.41. The molecule has 2 aromatic carbocycles. The molecule has 0 amide bonds. The number of nitro benzene ring substituents is 2. The lowest BCUT2D eigenvalue weighted by molar-refractivity contribution is -0.385. The van der Waals surface area contributed by atoms with Crippen LogP contribution >= 0.6 is 0 Å². The van der Waals surface area contributed by atoms with Gasteiger partial charge in [0.25, 0.3) is 11.4 Å². The molecule has 0 saturated carbocycles. The van der Waals surface area contributed by atoms with Crippen molar-refractivity contribution in [3.63, 3.8) is 0 Å². The van der Waals surface area contributed by atoms with E-state index >= 15 is 0 Å². The number of aryl methyl sites for hydroxylation is 1. The first-order valence-electron chi connectivity index (χ1n) is 10.5. The Bertz CT molecular complexity index is 1520. The van der Waals surface area contributed by atoms with Gasteiger partial charge in [-0.05, 0) is 61.0 Å². The third kappa shape index (κ3) is 4.81. The smallest absolute Gasteiger partial charge is 0.294 e. The minimum absolute atomic E-state index is 0.0491. The summed E-state index contributed by atoms with van der Waals surface area (Å²) in [7, 11) is 0. The number of rotatable bonds is 8. The molecule has 0 radical (unpaired) electrons. The van der Waals surface area contributed by atoms with E-state index in [-0.39, 0.29) is 28.4 Å². The number of fused-ring (bicyclic) bond motifs is 1. The Balaban J connectivity index is 1.55. The monoisotopic (exact) mass is 469 g/mol. The highest BCUT2D eigenvalue weighted by atomic mass is 16.6. The van der Waals surface area contributed by atoms with Crippen LogP contribution in [0.15, 0.2) is 84.1 Å². The maximum atomic E-state index is 13.2. The number of carbonyl (C=O) groups is 1. The fourth-order valence-corrected chi connectivity index (χ4v) is 3.69. The number of anilines is 1. The highest BCUT2D eigenvalue weighted by Gasteiger charge is 2.21. The van der Waals surface area contributed by atoms with Crippen LogP contribution in [0.4, 0.5) is 17.1 Å². The van der Waals surface area contributed by atoms with Crippen molar-refractivity contribution in [1.82, 2.24) is 4.40 Å². The summed E-state index contributed by atoms with van der Waals surface area (Å²) >= 11 is 0.